The molecule has 0 radical (unpaired) electrons. The lowest BCUT2D eigenvalue weighted by Gasteiger charge is -2.41. The number of benzene rings is 1. The molecule has 1 unspecified atom stereocenters. The zero-order chi connectivity index (χ0) is 16.3. The van der Waals surface area contributed by atoms with E-state index in [2.05, 4.69) is 0 Å². The van der Waals surface area contributed by atoms with Gasteiger partial charge in [0.1, 0.15) is 11.9 Å². The second-order valence-corrected chi connectivity index (χ2v) is 5.79. The van der Waals surface area contributed by atoms with E-state index in [0.29, 0.717) is 31.7 Å². The summed E-state index contributed by atoms with van der Waals surface area (Å²) < 4.78 is 13.8. The largest absolute Gasteiger partial charge is 0.347 e. The van der Waals surface area contributed by atoms with Crippen LogP contribution in [0.15, 0.2) is 24.3 Å². The Morgan fingerprint density at radius 1 is 1.27 bits per heavy atom. The molecule has 0 aromatic heterocycles. The van der Waals surface area contributed by atoms with Gasteiger partial charge in [-0.3, -0.25) is 14.5 Å². The summed E-state index contributed by atoms with van der Waals surface area (Å²) in [4.78, 5) is 29.1. The number of halogens is 1. The zero-order valence-electron chi connectivity index (χ0n) is 13.3. The summed E-state index contributed by atoms with van der Waals surface area (Å²) in [5.74, 6) is -0.453. The Morgan fingerprint density at radius 3 is 2.55 bits per heavy atom. The maximum Gasteiger partial charge on any atom is 0.246 e. The topological polar surface area (TPSA) is 43.9 Å². The molecule has 1 aromatic carbocycles. The van der Waals surface area contributed by atoms with Gasteiger partial charge in [-0.1, -0.05) is 18.2 Å². The maximum atomic E-state index is 13.8. The Hall–Kier alpha value is -1.95. The summed E-state index contributed by atoms with van der Waals surface area (Å²) in [6.07, 6.45) is 0. The minimum absolute atomic E-state index is 0.103. The molecule has 22 heavy (non-hydrogen) atoms. The molecule has 0 aliphatic carbocycles. The molecule has 6 heteroatoms. The number of amides is 2. The van der Waals surface area contributed by atoms with E-state index in [1.54, 1.807) is 37.2 Å². The molecule has 0 bridgehead atoms. The SMILES string of the molecule is CC(=O)N1CCN(Cc2ccccc2F)CC1C(=O)N(C)C. The number of likely N-dealkylation sites (N-methyl/N-ethyl adjacent to an activating group) is 1. The third-order valence-electron chi connectivity index (χ3n) is 3.95. The molecule has 0 N–H and O–H groups in total. The molecule has 1 atom stereocenters. The van der Waals surface area contributed by atoms with Gasteiger partial charge in [-0.05, 0) is 6.07 Å². The fourth-order valence-corrected chi connectivity index (χ4v) is 2.74. The van der Waals surface area contributed by atoms with Crippen molar-refractivity contribution in [3.63, 3.8) is 0 Å². The number of piperazine rings is 1. The monoisotopic (exact) mass is 307 g/mol. The molecule has 0 spiro atoms. The maximum absolute atomic E-state index is 13.8. The average molecular weight is 307 g/mol. The van der Waals surface area contributed by atoms with Crippen LogP contribution in [0.1, 0.15) is 12.5 Å². The molecule has 2 rings (SSSR count). The molecule has 0 saturated carbocycles. The van der Waals surface area contributed by atoms with Crippen molar-refractivity contribution in [2.75, 3.05) is 33.7 Å². The van der Waals surface area contributed by atoms with Crippen molar-refractivity contribution in [3.8, 4) is 0 Å². The van der Waals surface area contributed by atoms with Gasteiger partial charge in [0.25, 0.3) is 0 Å². The Kier molecular flexibility index (Phi) is 5.13. The molecule has 1 heterocycles. The molecule has 1 saturated heterocycles. The van der Waals surface area contributed by atoms with Crippen LogP contribution in [0.2, 0.25) is 0 Å². The van der Waals surface area contributed by atoms with Crippen LogP contribution in [0, 0.1) is 5.82 Å². The van der Waals surface area contributed by atoms with E-state index in [0.717, 1.165) is 0 Å². The van der Waals surface area contributed by atoms with Gasteiger partial charge in [0.15, 0.2) is 0 Å². The smallest absolute Gasteiger partial charge is 0.246 e. The predicted octanol–water partition coefficient (Wildman–Crippen LogP) is 0.947. The summed E-state index contributed by atoms with van der Waals surface area (Å²) in [6, 6.07) is 6.13. The Bertz CT molecular complexity index is 562. The minimum Gasteiger partial charge on any atom is -0.347 e. The Balaban J connectivity index is 2.12. The summed E-state index contributed by atoms with van der Waals surface area (Å²) in [6.45, 7) is 3.45. The van der Waals surface area contributed by atoms with Crippen molar-refractivity contribution in [2.24, 2.45) is 0 Å². The van der Waals surface area contributed by atoms with Gasteiger partial charge >= 0.3 is 0 Å². The molecular formula is C16H22FN3O2. The van der Waals surface area contributed by atoms with Crippen molar-refractivity contribution < 1.29 is 14.0 Å². The summed E-state index contributed by atoms with van der Waals surface area (Å²) in [5, 5.41) is 0. The van der Waals surface area contributed by atoms with Crippen LogP contribution in [0.4, 0.5) is 4.39 Å². The number of carbonyl (C=O) groups excluding carboxylic acids is 2. The van der Waals surface area contributed by atoms with E-state index >= 15 is 0 Å². The first-order valence-electron chi connectivity index (χ1n) is 7.34. The summed E-state index contributed by atoms with van der Waals surface area (Å²) in [7, 11) is 3.35. The van der Waals surface area contributed by atoms with Gasteiger partial charge in [-0.2, -0.15) is 0 Å². The van der Waals surface area contributed by atoms with Gasteiger partial charge in [0, 0.05) is 52.8 Å². The van der Waals surface area contributed by atoms with E-state index in [9.17, 15) is 14.0 Å². The Labute approximate surface area is 130 Å². The van der Waals surface area contributed by atoms with E-state index < -0.39 is 6.04 Å². The van der Waals surface area contributed by atoms with Crippen molar-refractivity contribution in [2.45, 2.75) is 19.5 Å². The van der Waals surface area contributed by atoms with Crippen LogP contribution in [-0.4, -0.2) is 66.3 Å². The lowest BCUT2D eigenvalue weighted by atomic mass is 10.1. The molecule has 120 valence electrons. The third kappa shape index (κ3) is 3.62. The highest BCUT2D eigenvalue weighted by atomic mass is 19.1. The zero-order valence-corrected chi connectivity index (χ0v) is 13.3. The highest BCUT2D eigenvalue weighted by molar-refractivity contribution is 5.87. The lowest BCUT2D eigenvalue weighted by Crippen LogP contribution is -2.59. The average Bonchev–Trinajstić information content (AvgIpc) is 2.48. The first-order valence-corrected chi connectivity index (χ1v) is 7.34. The van der Waals surface area contributed by atoms with Crippen LogP contribution in [-0.2, 0) is 16.1 Å². The number of rotatable bonds is 3. The molecule has 1 fully saturated rings. The van der Waals surface area contributed by atoms with Crippen molar-refractivity contribution in [1.29, 1.82) is 0 Å². The molecule has 5 nitrogen and oxygen atoms in total. The van der Waals surface area contributed by atoms with Crippen molar-refractivity contribution in [1.82, 2.24) is 14.7 Å². The van der Waals surface area contributed by atoms with E-state index in [1.807, 2.05) is 4.90 Å². The molecule has 1 aliphatic heterocycles. The molecule has 1 aliphatic rings. The third-order valence-corrected chi connectivity index (χ3v) is 3.95. The first-order chi connectivity index (χ1) is 10.4. The van der Waals surface area contributed by atoms with Crippen LogP contribution in [0.25, 0.3) is 0 Å². The second kappa shape index (κ2) is 6.87. The summed E-state index contributed by atoms with van der Waals surface area (Å²) >= 11 is 0. The van der Waals surface area contributed by atoms with Crippen LogP contribution in [0.5, 0.6) is 0 Å². The van der Waals surface area contributed by atoms with E-state index in [1.165, 1.54) is 17.9 Å². The van der Waals surface area contributed by atoms with Gasteiger partial charge in [0.05, 0.1) is 0 Å². The normalized spacial score (nSPS) is 19.1. The quantitative estimate of drug-likeness (QED) is 0.835. The Morgan fingerprint density at radius 2 is 1.95 bits per heavy atom. The van der Waals surface area contributed by atoms with E-state index in [-0.39, 0.29) is 17.6 Å². The highest BCUT2D eigenvalue weighted by Gasteiger charge is 2.34. The standard InChI is InChI=1S/C16H22FN3O2/c1-12(21)20-9-8-19(11-15(20)16(22)18(2)3)10-13-6-4-5-7-14(13)17/h4-7,15H,8-11H2,1-3H3. The van der Waals surface area contributed by atoms with Gasteiger partial charge in [-0.15, -0.1) is 0 Å². The van der Waals surface area contributed by atoms with Crippen LogP contribution < -0.4 is 0 Å². The van der Waals surface area contributed by atoms with Crippen molar-refractivity contribution in [3.05, 3.63) is 35.6 Å². The van der Waals surface area contributed by atoms with Crippen molar-refractivity contribution >= 4 is 11.8 Å². The van der Waals surface area contributed by atoms with E-state index in [4.69, 9.17) is 0 Å². The predicted molar refractivity (Wildman–Crippen MR) is 81.5 cm³/mol. The lowest BCUT2D eigenvalue weighted by molar-refractivity contribution is -0.146. The first kappa shape index (κ1) is 16.4. The molecular weight excluding hydrogens is 285 g/mol. The summed E-state index contributed by atoms with van der Waals surface area (Å²) in [5.41, 5.74) is 0.606. The minimum atomic E-state index is -0.506. The number of hydrogen-bond donors (Lipinski definition) is 0. The number of carbonyl (C=O) groups is 2. The highest BCUT2D eigenvalue weighted by Crippen LogP contribution is 2.16. The number of hydrogen-bond acceptors (Lipinski definition) is 3. The van der Waals surface area contributed by atoms with Gasteiger partial charge < -0.3 is 9.80 Å². The molecule has 1 aromatic rings. The van der Waals surface area contributed by atoms with Gasteiger partial charge in [-0.25, -0.2) is 4.39 Å². The molecule has 2 amide bonds. The number of nitrogens with zero attached hydrogens (tertiary/aromatic N) is 3. The fourth-order valence-electron chi connectivity index (χ4n) is 2.74. The fraction of sp³-hybridized carbons (Fsp3) is 0.500. The van der Waals surface area contributed by atoms with Crippen LogP contribution >= 0.6 is 0 Å². The van der Waals surface area contributed by atoms with Gasteiger partial charge in [0.2, 0.25) is 11.8 Å². The second-order valence-electron chi connectivity index (χ2n) is 5.79. The van der Waals surface area contributed by atoms with Crippen LogP contribution in [0.3, 0.4) is 0 Å².